The molecule has 1 aliphatic carbocycles. The normalized spacial score (nSPS) is 13.4. The molecule has 1 aliphatic rings. The maximum Gasteiger partial charge on any atom is 0.166 e. The van der Waals surface area contributed by atoms with Gasteiger partial charge in [-0.1, -0.05) is 48.6 Å². The molecule has 0 atom stereocenters. The lowest BCUT2D eigenvalue weighted by Gasteiger charge is -2.13. The topological polar surface area (TPSA) is 117 Å². The van der Waals surface area contributed by atoms with Crippen LogP contribution in [0.15, 0.2) is 60.7 Å². The van der Waals surface area contributed by atoms with E-state index in [4.69, 9.17) is 17.2 Å². The maximum atomic E-state index is 6.20. The maximum absolute atomic E-state index is 6.20. The van der Waals surface area contributed by atoms with E-state index in [-0.39, 0.29) is 0 Å². The van der Waals surface area contributed by atoms with Crippen molar-refractivity contribution in [2.24, 2.45) is 0 Å². The molecule has 0 amide bonds. The second-order valence-corrected chi connectivity index (χ2v) is 6.34. The Morgan fingerprint density at radius 3 is 2.19 bits per heavy atom. The Hall–Kier alpha value is -3.67. The molecule has 1 aromatic heterocycles. The van der Waals surface area contributed by atoms with Gasteiger partial charge in [0, 0.05) is 16.7 Å². The first kappa shape index (κ1) is 16.8. The number of aromatic nitrogens is 3. The van der Waals surface area contributed by atoms with E-state index in [1.807, 2.05) is 36.4 Å². The summed E-state index contributed by atoms with van der Waals surface area (Å²) in [6.07, 6.45) is 8.28. The number of nitrogen functional groups attached to an aromatic ring is 3. The molecule has 0 radical (unpaired) electrons. The zero-order valence-electron chi connectivity index (χ0n) is 14.8. The summed E-state index contributed by atoms with van der Waals surface area (Å²) in [5.74, 6) is 1.68. The summed E-state index contributed by atoms with van der Waals surface area (Å²) in [6.45, 7) is 0. The molecule has 0 saturated heterocycles. The van der Waals surface area contributed by atoms with Gasteiger partial charge in [0.1, 0.15) is 0 Å². The highest BCUT2D eigenvalue weighted by atomic mass is 15.0. The van der Waals surface area contributed by atoms with Gasteiger partial charge >= 0.3 is 0 Å². The SMILES string of the molecule is Nc1ccc(-c2nc(C3=CCCC=C3)nc(-c3ccccc3)n2)c(N)c1N. The van der Waals surface area contributed by atoms with Gasteiger partial charge in [0.25, 0.3) is 0 Å². The van der Waals surface area contributed by atoms with E-state index in [9.17, 15) is 0 Å². The molecule has 4 rings (SSSR count). The van der Waals surface area contributed by atoms with E-state index >= 15 is 0 Å². The van der Waals surface area contributed by atoms with Gasteiger partial charge < -0.3 is 17.2 Å². The average Bonchev–Trinajstić information content (AvgIpc) is 2.73. The Morgan fingerprint density at radius 1 is 0.704 bits per heavy atom. The van der Waals surface area contributed by atoms with E-state index in [0.717, 1.165) is 24.0 Å². The number of nitrogens with two attached hydrogens (primary N) is 3. The molecular formula is C21H20N6. The molecule has 6 N–H and O–H groups in total. The summed E-state index contributed by atoms with van der Waals surface area (Å²) in [4.78, 5) is 14.0. The molecule has 134 valence electrons. The van der Waals surface area contributed by atoms with Crippen molar-refractivity contribution < 1.29 is 0 Å². The van der Waals surface area contributed by atoms with Crippen LogP contribution in [0.1, 0.15) is 18.7 Å². The van der Waals surface area contributed by atoms with Gasteiger partial charge in [-0.15, -0.1) is 0 Å². The highest BCUT2D eigenvalue weighted by Gasteiger charge is 2.16. The third kappa shape index (κ3) is 3.25. The van der Waals surface area contributed by atoms with Crippen LogP contribution in [0.2, 0.25) is 0 Å². The van der Waals surface area contributed by atoms with Gasteiger partial charge in [-0.05, 0) is 25.0 Å². The van der Waals surface area contributed by atoms with Gasteiger partial charge in [0.05, 0.1) is 17.1 Å². The minimum atomic E-state index is 0.340. The first-order valence-electron chi connectivity index (χ1n) is 8.76. The van der Waals surface area contributed by atoms with Crippen molar-refractivity contribution in [3.8, 4) is 22.8 Å². The largest absolute Gasteiger partial charge is 0.397 e. The van der Waals surface area contributed by atoms with Crippen LogP contribution in [-0.4, -0.2) is 15.0 Å². The van der Waals surface area contributed by atoms with Crippen molar-refractivity contribution in [3.63, 3.8) is 0 Å². The van der Waals surface area contributed by atoms with E-state index in [1.54, 1.807) is 12.1 Å². The van der Waals surface area contributed by atoms with Crippen molar-refractivity contribution in [2.45, 2.75) is 12.8 Å². The Labute approximate surface area is 157 Å². The lowest BCUT2D eigenvalue weighted by molar-refractivity contribution is 1.01. The smallest absolute Gasteiger partial charge is 0.166 e. The Bertz CT molecular complexity index is 1050. The van der Waals surface area contributed by atoms with Crippen molar-refractivity contribution in [3.05, 3.63) is 66.5 Å². The minimum Gasteiger partial charge on any atom is -0.397 e. The molecule has 1 heterocycles. The minimum absolute atomic E-state index is 0.340. The summed E-state index contributed by atoms with van der Waals surface area (Å²) in [5.41, 5.74) is 21.7. The number of benzene rings is 2. The molecule has 6 heteroatoms. The lowest BCUT2D eigenvalue weighted by Crippen LogP contribution is -2.06. The molecule has 2 aromatic carbocycles. The van der Waals surface area contributed by atoms with Crippen LogP contribution in [-0.2, 0) is 0 Å². The third-order valence-corrected chi connectivity index (χ3v) is 4.48. The number of anilines is 3. The molecule has 6 nitrogen and oxygen atoms in total. The highest BCUT2D eigenvalue weighted by Crippen LogP contribution is 2.33. The first-order valence-corrected chi connectivity index (χ1v) is 8.76. The Morgan fingerprint density at radius 2 is 1.44 bits per heavy atom. The van der Waals surface area contributed by atoms with Gasteiger partial charge in [-0.3, -0.25) is 0 Å². The predicted molar refractivity (Wildman–Crippen MR) is 110 cm³/mol. The second kappa shape index (κ2) is 6.92. The summed E-state index contributed by atoms with van der Waals surface area (Å²) >= 11 is 0. The third-order valence-electron chi connectivity index (χ3n) is 4.48. The Kier molecular flexibility index (Phi) is 4.30. The molecular weight excluding hydrogens is 336 g/mol. The van der Waals surface area contributed by atoms with Gasteiger partial charge in [0.15, 0.2) is 17.5 Å². The standard InChI is InChI=1S/C21H20N6/c22-16-12-11-15(17(23)18(16)24)21-26-19(13-7-3-1-4-8-13)25-20(27-21)14-9-5-2-6-10-14/h1,3-5,7-12H,2,6,22-24H2. The van der Waals surface area contributed by atoms with Crippen LogP contribution >= 0.6 is 0 Å². The summed E-state index contributed by atoms with van der Waals surface area (Å²) < 4.78 is 0. The van der Waals surface area contributed by atoms with Crippen molar-refractivity contribution in [1.82, 2.24) is 15.0 Å². The number of rotatable bonds is 3. The monoisotopic (exact) mass is 356 g/mol. The van der Waals surface area contributed by atoms with Crippen LogP contribution < -0.4 is 17.2 Å². The first-order chi connectivity index (χ1) is 13.1. The molecule has 0 spiro atoms. The van der Waals surface area contributed by atoms with Crippen molar-refractivity contribution in [2.75, 3.05) is 17.2 Å². The average molecular weight is 356 g/mol. The number of hydrogen-bond acceptors (Lipinski definition) is 6. The lowest BCUT2D eigenvalue weighted by atomic mass is 10.1. The van der Waals surface area contributed by atoms with Crippen LogP contribution in [0.5, 0.6) is 0 Å². The molecule has 0 fully saturated rings. The van der Waals surface area contributed by atoms with E-state index in [2.05, 4.69) is 27.1 Å². The van der Waals surface area contributed by atoms with Crippen LogP contribution in [0.3, 0.4) is 0 Å². The van der Waals surface area contributed by atoms with Gasteiger partial charge in [0.2, 0.25) is 0 Å². The molecule has 27 heavy (non-hydrogen) atoms. The summed E-state index contributed by atoms with van der Waals surface area (Å²) in [7, 11) is 0. The number of nitrogens with zero attached hydrogens (tertiary/aromatic N) is 3. The fraction of sp³-hybridized carbons (Fsp3) is 0.0952. The number of hydrogen-bond donors (Lipinski definition) is 3. The fourth-order valence-corrected chi connectivity index (χ4v) is 2.97. The van der Waals surface area contributed by atoms with Crippen LogP contribution in [0, 0.1) is 0 Å². The fourth-order valence-electron chi connectivity index (χ4n) is 2.97. The van der Waals surface area contributed by atoms with E-state index in [0.29, 0.717) is 40.1 Å². The molecule has 0 aliphatic heterocycles. The Balaban J connectivity index is 1.92. The van der Waals surface area contributed by atoms with Crippen LogP contribution in [0.4, 0.5) is 17.1 Å². The van der Waals surface area contributed by atoms with Crippen molar-refractivity contribution >= 4 is 22.6 Å². The molecule has 0 saturated carbocycles. The van der Waals surface area contributed by atoms with Gasteiger partial charge in [-0.25, -0.2) is 15.0 Å². The predicted octanol–water partition coefficient (Wildman–Crippen LogP) is 3.69. The molecule has 3 aromatic rings. The van der Waals surface area contributed by atoms with Gasteiger partial charge in [-0.2, -0.15) is 0 Å². The highest BCUT2D eigenvalue weighted by molar-refractivity contribution is 5.89. The quantitative estimate of drug-likeness (QED) is 0.616. The van der Waals surface area contributed by atoms with Crippen LogP contribution in [0.25, 0.3) is 28.3 Å². The number of allylic oxidation sites excluding steroid dienone is 4. The second-order valence-electron chi connectivity index (χ2n) is 6.34. The van der Waals surface area contributed by atoms with E-state index < -0.39 is 0 Å². The summed E-state index contributed by atoms with van der Waals surface area (Å²) in [6, 6.07) is 13.3. The zero-order valence-corrected chi connectivity index (χ0v) is 14.8. The zero-order chi connectivity index (χ0) is 18.8. The van der Waals surface area contributed by atoms with Crippen molar-refractivity contribution in [1.29, 1.82) is 0 Å². The van der Waals surface area contributed by atoms with E-state index in [1.165, 1.54) is 0 Å². The molecule has 0 unspecified atom stereocenters. The molecule has 0 bridgehead atoms. The summed E-state index contributed by atoms with van der Waals surface area (Å²) in [5, 5.41) is 0.